The predicted octanol–water partition coefficient (Wildman–Crippen LogP) is 4.65. The molecule has 0 heterocycles. The topological polar surface area (TPSA) is 26.0 Å². The third-order valence-corrected chi connectivity index (χ3v) is 4.23. The van der Waals surface area contributed by atoms with Gasteiger partial charge in [0, 0.05) is 19.8 Å². The largest absolute Gasteiger partial charge is 0.330 e. The van der Waals surface area contributed by atoms with E-state index in [0.717, 1.165) is 31.8 Å². The van der Waals surface area contributed by atoms with Crippen LogP contribution in [-0.4, -0.2) is 6.54 Å². The molecule has 0 spiro atoms. The van der Waals surface area contributed by atoms with E-state index in [4.69, 9.17) is 28.9 Å². The summed E-state index contributed by atoms with van der Waals surface area (Å²) in [7, 11) is 0. The van der Waals surface area contributed by atoms with Crippen LogP contribution in [0.1, 0.15) is 5.56 Å². The summed E-state index contributed by atoms with van der Waals surface area (Å²) in [5, 5.41) is 1.52. The zero-order chi connectivity index (χ0) is 13.0. The zero-order valence-electron chi connectivity index (χ0n) is 9.70. The van der Waals surface area contributed by atoms with Crippen molar-refractivity contribution in [3.63, 3.8) is 0 Å². The summed E-state index contributed by atoms with van der Waals surface area (Å²) >= 11 is 13.8. The van der Waals surface area contributed by atoms with Crippen molar-refractivity contribution in [3.05, 3.63) is 58.1 Å². The molecule has 0 saturated carbocycles. The van der Waals surface area contributed by atoms with Gasteiger partial charge in [0.25, 0.3) is 0 Å². The van der Waals surface area contributed by atoms with E-state index in [2.05, 4.69) is 6.07 Å². The third-order valence-electron chi connectivity index (χ3n) is 2.51. The van der Waals surface area contributed by atoms with Crippen molar-refractivity contribution >= 4 is 35.0 Å². The van der Waals surface area contributed by atoms with Gasteiger partial charge in [-0.15, -0.1) is 0 Å². The second kappa shape index (κ2) is 6.48. The maximum Gasteiger partial charge on any atom is 0.0449 e. The molecule has 18 heavy (non-hydrogen) atoms. The van der Waals surface area contributed by atoms with Crippen LogP contribution in [-0.2, 0) is 6.42 Å². The monoisotopic (exact) mass is 297 g/mol. The van der Waals surface area contributed by atoms with Gasteiger partial charge in [0.2, 0.25) is 0 Å². The average Bonchev–Trinajstić information content (AvgIpc) is 2.36. The number of nitrogens with two attached hydrogens (primary N) is 1. The van der Waals surface area contributed by atoms with Crippen LogP contribution in [0.3, 0.4) is 0 Å². The van der Waals surface area contributed by atoms with E-state index in [1.165, 1.54) is 0 Å². The lowest BCUT2D eigenvalue weighted by Gasteiger charge is -2.10. The van der Waals surface area contributed by atoms with E-state index in [1.54, 1.807) is 11.8 Å². The van der Waals surface area contributed by atoms with Crippen LogP contribution in [0.4, 0.5) is 0 Å². The van der Waals surface area contributed by atoms with Gasteiger partial charge in [0.15, 0.2) is 0 Å². The molecule has 2 aromatic rings. The number of hydrogen-bond acceptors (Lipinski definition) is 2. The molecular weight excluding hydrogens is 285 g/mol. The van der Waals surface area contributed by atoms with Gasteiger partial charge >= 0.3 is 0 Å². The number of halogens is 2. The van der Waals surface area contributed by atoms with Crippen LogP contribution in [0.25, 0.3) is 0 Å². The van der Waals surface area contributed by atoms with Crippen LogP contribution in [0, 0.1) is 0 Å². The van der Waals surface area contributed by atoms with Gasteiger partial charge < -0.3 is 5.73 Å². The second-order valence-corrected chi connectivity index (χ2v) is 5.77. The Labute approximate surface area is 121 Å². The Hall–Kier alpha value is -0.670. The molecule has 0 aliphatic rings. The minimum absolute atomic E-state index is 0.595. The molecule has 0 aliphatic heterocycles. The summed E-state index contributed by atoms with van der Waals surface area (Å²) < 4.78 is 0. The molecule has 0 unspecified atom stereocenters. The molecule has 94 valence electrons. The minimum atomic E-state index is 0.595. The van der Waals surface area contributed by atoms with Gasteiger partial charge in [-0.2, -0.15) is 0 Å². The molecule has 0 atom stereocenters. The van der Waals surface area contributed by atoms with Crippen LogP contribution in [0.5, 0.6) is 0 Å². The number of hydrogen-bond donors (Lipinski definition) is 1. The summed E-state index contributed by atoms with van der Waals surface area (Å²) in [4.78, 5) is 2.29. The van der Waals surface area contributed by atoms with Crippen LogP contribution in [0.2, 0.25) is 10.0 Å². The summed E-state index contributed by atoms with van der Waals surface area (Å²) in [5.74, 6) is 0. The van der Waals surface area contributed by atoms with E-state index in [-0.39, 0.29) is 0 Å². The maximum absolute atomic E-state index is 6.21. The average molecular weight is 298 g/mol. The zero-order valence-corrected chi connectivity index (χ0v) is 12.0. The molecule has 0 aromatic heterocycles. The Balaban J connectivity index is 2.28. The first-order chi connectivity index (χ1) is 8.70. The summed E-state index contributed by atoms with van der Waals surface area (Å²) in [6, 6.07) is 13.7. The highest BCUT2D eigenvalue weighted by molar-refractivity contribution is 7.99. The Bertz CT molecular complexity index is 526. The van der Waals surface area contributed by atoms with Gasteiger partial charge in [-0.3, -0.25) is 0 Å². The van der Waals surface area contributed by atoms with Crippen LogP contribution < -0.4 is 5.73 Å². The maximum atomic E-state index is 6.21. The normalized spacial score (nSPS) is 10.6. The fourth-order valence-corrected chi connectivity index (χ4v) is 3.11. The molecule has 4 heteroatoms. The SMILES string of the molecule is NCCc1c(Cl)cccc1Sc1ccc(Cl)cc1. The number of rotatable bonds is 4. The highest BCUT2D eigenvalue weighted by Crippen LogP contribution is 2.34. The lowest BCUT2D eigenvalue weighted by atomic mass is 10.1. The van der Waals surface area contributed by atoms with Crippen molar-refractivity contribution in [2.45, 2.75) is 16.2 Å². The Kier molecular flexibility index (Phi) is 4.95. The Morgan fingerprint density at radius 3 is 2.39 bits per heavy atom. The number of benzene rings is 2. The molecule has 0 bridgehead atoms. The molecule has 2 aromatic carbocycles. The summed E-state index contributed by atoms with van der Waals surface area (Å²) in [6.07, 6.45) is 0.787. The van der Waals surface area contributed by atoms with Crippen molar-refractivity contribution in [2.75, 3.05) is 6.54 Å². The fourth-order valence-electron chi connectivity index (χ4n) is 1.65. The van der Waals surface area contributed by atoms with Gasteiger partial charge in [-0.25, -0.2) is 0 Å². The van der Waals surface area contributed by atoms with E-state index < -0.39 is 0 Å². The molecule has 2 rings (SSSR count). The van der Waals surface area contributed by atoms with E-state index in [0.29, 0.717) is 6.54 Å². The highest BCUT2D eigenvalue weighted by atomic mass is 35.5. The van der Waals surface area contributed by atoms with Crippen LogP contribution in [0.15, 0.2) is 52.3 Å². The fraction of sp³-hybridized carbons (Fsp3) is 0.143. The third kappa shape index (κ3) is 3.42. The Morgan fingerprint density at radius 2 is 1.72 bits per heavy atom. The van der Waals surface area contributed by atoms with Crippen molar-refractivity contribution < 1.29 is 0 Å². The first-order valence-electron chi connectivity index (χ1n) is 5.61. The highest BCUT2D eigenvalue weighted by Gasteiger charge is 2.07. The van der Waals surface area contributed by atoms with E-state index >= 15 is 0 Å². The van der Waals surface area contributed by atoms with E-state index in [1.807, 2.05) is 36.4 Å². The molecule has 2 N–H and O–H groups in total. The van der Waals surface area contributed by atoms with Gasteiger partial charge in [0.05, 0.1) is 0 Å². The second-order valence-electron chi connectivity index (χ2n) is 3.81. The minimum Gasteiger partial charge on any atom is -0.330 e. The van der Waals surface area contributed by atoms with Gasteiger partial charge in [-0.1, -0.05) is 41.0 Å². The van der Waals surface area contributed by atoms with E-state index in [9.17, 15) is 0 Å². The van der Waals surface area contributed by atoms with Crippen molar-refractivity contribution in [2.24, 2.45) is 5.73 Å². The standard InChI is InChI=1S/C14H13Cl2NS/c15-10-4-6-11(7-5-10)18-14-3-1-2-13(16)12(14)8-9-17/h1-7H,8-9,17H2. The van der Waals surface area contributed by atoms with Crippen molar-refractivity contribution in [3.8, 4) is 0 Å². The molecule has 0 aliphatic carbocycles. The lowest BCUT2D eigenvalue weighted by Crippen LogP contribution is -2.04. The molecule has 1 nitrogen and oxygen atoms in total. The quantitative estimate of drug-likeness (QED) is 0.889. The predicted molar refractivity (Wildman–Crippen MR) is 79.8 cm³/mol. The molecule has 0 fully saturated rings. The molecular formula is C14H13Cl2NS. The summed E-state index contributed by atoms with van der Waals surface area (Å²) in [6.45, 7) is 0.595. The molecule has 0 radical (unpaired) electrons. The summed E-state index contributed by atoms with van der Waals surface area (Å²) in [5.41, 5.74) is 6.74. The van der Waals surface area contributed by atoms with Crippen molar-refractivity contribution in [1.82, 2.24) is 0 Å². The molecule has 0 saturated heterocycles. The van der Waals surface area contributed by atoms with Gasteiger partial charge in [0.1, 0.15) is 0 Å². The van der Waals surface area contributed by atoms with Crippen LogP contribution >= 0.6 is 35.0 Å². The van der Waals surface area contributed by atoms with Crippen molar-refractivity contribution in [1.29, 1.82) is 0 Å². The van der Waals surface area contributed by atoms with Gasteiger partial charge in [-0.05, 0) is 54.9 Å². The lowest BCUT2D eigenvalue weighted by molar-refractivity contribution is 0.944. The Morgan fingerprint density at radius 1 is 1.00 bits per heavy atom. The first-order valence-corrected chi connectivity index (χ1v) is 7.19. The molecule has 0 amide bonds. The first kappa shape index (κ1) is 13.8. The smallest absolute Gasteiger partial charge is 0.0449 e.